The maximum absolute atomic E-state index is 12.2. The number of carbonyl (C=O) groups is 1. The van der Waals surface area contributed by atoms with E-state index in [1.54, 1.807) is 31.2 Å². The molecule has 1 aromatic carbocycles. The van der Waals surface area contributed by atoms with Gasteiger partial charge in [0.15, 0.2) is 5.76 Å². The normalized spacial score (nSPS) is 11.3. The number of nitrogens with one attached hydrogen (secondary N) is 1. The van der Waals surface area contributed by atoms with Crippen LogP contribution in [0.2, 0.25) is 0 Å². The summed E-state index contributed by atoms with van der Waals surface area (Å²) >= 11 is 0. The molecule has 0 aliphatic heterocycles. The van der Waals surface area contributed by atoms with Crippen molar-refractivity contribution >= 4 is 15.9 Å². The fourth-order valence-electron chi connectivity index (χ4n) is 1.81. The highest BCUT2D eigenvalue weighted by Crippen LogP contribution is 2.15. The minimum absolute atomic E-state index is 0.0574. The van der Waals surface area contributed by atoms with Gasteiger partial charge in [-0.25, -0.2) is 13.1 Å². The van der Waals surface area contributed by atoms with E-state index in [2.05, 4.69) is 0 Å². The average Bonchev–Trinajstić information content (AvgIpc) is 2.88. The van der Waals surface area contributed by atoms with Crippen molar-refractivity contribution in [1.29, 1.82) is 0 Å². The molecule has 1 aromatic heterocycles. The van der Waals surface area contributed by atoms with Gasteiger partial charge in [-0.15, -0.1) is 0 Å². The number of hydrogen-bond acceptors (Lipinski definition) is 5. The number of benzene rings is 1. The molecule has 6 nitrogen and oxygen atoms in total. The van der Waals surface area contributed by atoms with Crippen molar-refractivity contribution in [1.82, 2.24) is 4.72 Å². The van der Waals surface area contributed by atoms with Crippen molar-refractivity contribution in [3.63, 3.8) is 0 Å². The van der Waals surface area contributed by atoms with E-state index in [4.69, 9.17) is 9.15 Å². The average molecular weight is 309 g/mol. The van der Waals surface area contributed by atoms with Gasteiger partial charge in [-0.3, -0.25) is 4.79 Å². The lowest BCUT2D eigenvalue weighted by Crippen LogP contribution is -2.30. The lowest BCUT2D eigenvalue weighted by Gasteiger charge is -2.07. The molecule has 7 heteroatoms. The highest BCUT2D eigenvalue weighted by molar-refractivity contribution is 7.90. The summed E-state index contributed by atoms with van der Waals surface area (Å²) in [7, 11) is -2.44. The summed E-state index contributed by atoms with van der Waals surface area (Å²) in [5, 5.41) is 0. The van der Waals surface area contributed by atoms with Crippen molar-refractivity contribution in [2.24, 2.45) is 0 Å². The van der Waals surface area contributed by atoms with Crippen LogP contribution >= 0.6 is 0 Å². The van der Waals surface area contributed by atoms with Gasteiger partial charge < -0.3 is 9.15 Å². The molecule has 0 spiro atoms. The SMILES string of the molecule is COCc1ccc(C(=O)NS(=O)(=O)c2ccccc2C)o1. The van der Waals surface area contributed by atoms with Crippen LogP contribution in [0.15, 0.2) is 45.7 Å². The molecule has 2 aromatic rings. The summed E-state index contributed by atoms with van der Waals surface area (Å²) in [5.74, 6) is -0.462. The zero-order chi connectivity index (χ0) is 15.5. The Morgan fingerprint density at radius 3 is 2.62 bits per heavy atom. The monoisotopic (exact) mass is 309 g/mol. The third-order valence-electron chi connectivity index (χ3n) is 2.78. The zero-order valence-corrected chi connectivity index (χ0v) is 12.4. The third-order valence-corrected chi connectivity index (χ3v) is 4.27. The van der Waals surface area contributed by atoms with E-state index in [-0.39, 0.29) is 17.3 Å². The van der Waals surface area contributed by atoms with E-state index in [1.807, 2.05) is 4.72 Å². The molecule has 0 unspecified atom stereocenters. The molecule has 0 saturated carbocycles. The van der Waals surface area contributed by atoms with Crippen LogP contribution in [0.1, 0.15) is 21.9 Å². The largest absolute Gasteiger partial charge is 0.453 e. The van der Waals surface area contributed by atoms with E-state index in [9.17, 15) is 13.2 Å². The van der Waals surface area contributed by atoms with Crippen LogP contribution in [0.5, 0.6) is 0 Å². The predicted molar refractivity (Wildman–Crippen MR) is 75.3 cm³/mol. The Labute approximate surface area is 122 Å². The van der Waals surface area contributed by atoms with Gasteiger partial charge in [0.25, 0.3) is 10.0 Å². The molecule has 1 N–H and O–H groups in total. The molecule has 0 fully saturated rings. The van der Waals surface area contributed by atoms with Crippen molar-refractivity contribution in [3.8, 4) is 0 Å². The van der Waals surface area contributed by atoms with E-state index in [0.29, 0.717) is 11.3 Å². The van der Waals surface area contributed by atoms with Crippen molar-refractivity contribution in [2.75, 3.05) is 7.11 Å². The number of ether oxygens (including phenoxy) is 1. The highest BCUT2D eigenvalue weighted by atomic mass is 32.2. The standard InChI is InChI=1S/C14H15NO5S/c1-10-5-3-4-6-13(10)21(17,18)15-14(16)12-8-7-11(20-12)9-19-2/h3-8H,9H2,1-2H3,(H,15,16). The number of carbonyl (C=O) groups excluding carboxylic acids is 1. The quantitative estimate of drug-likeness (QED) is 0.911. The minimum Gasteiger partial charge on any atom is -0.453 e. The molecule has 2 rings (SSSR count). The molecule has 0 saturated heterocycles. The fraction of sp³-hybridized carbons (Fsp3) is 0.214. The molecule has 112 valence electrons. The summed E-state index contributed by atoms with van der Waals surface area (Å²) in [6.45, 7) is 1.86. The summed E-state index contributed by atoms with van der Waals surface area (Å²) < 4.78 is 36.4. The molecule has 21 heavy (non-hydrogen) atoms. The lowest BCUT2D eigenvalue weighted by molar-refractivity contribution is 0.0945. The van der Waals surface area contributed by atoms with E-state index < -0.39 is 15.9 Å². The van der Waals surface area contributed by atoms with Crippen LogP contribution < -0.4 is 4.72 Å². The second kappa shape index (κ2) is 6.11. The first-order chi connectivity index (χ1) is 9.94. The Balaban J connectivity index is 2.20. The molecule has 1 amide bonds. The first kappa shape index (κ1) is 15.3. The molecule has 0 atom stereocenters. The number of hydrogen-bond donors (Lipinski definition) is 1. The smallest absolute Gasteiger partial charge is 0.300 e. The van der Waals surface area contributed by atoms with Gasteiger partial charge in [-0.05, 0) is 30.7 Å². The first-order valence-electron chi connectivity index (χ1n) is 6.14. The first-order valence-corrected chi connectivity index (χ1v) is 7.63. The van der Waals surface area contributed by atoms with Crippen molar-refractivity contribution in [2.45, 2.75) is 18.4 Å². The number of rotatable bonds is 5. The summed E-state index contributed by atoms with van der Waals surface area (Å²) in [6.07, 6.45) is 0. The second-order valence-corrected chi connectivity index (χ2v) is 6.05. The van der Waals surface area contributed by atoms with Crippen LogP contribution in [0, 0.1) is 6.92 Å². The van der Waals surface area contributed by atoms with Gasteiger partial charge in [0.05, 0.1) is 4.90 Å². The van der Waals surface area contributed by atoms with E-state index >= 15 is 0 Å². The predicted octanol–water partition coefficient (Wildman–Crippen LogP) is 1.85. The van der Waals surface area contributed by atoms with Crippen LogP contribution in [0.4, 0.5) is 0 Å². The van der Waals surface area contributed by atoms with Gasteiger partial charge in [-0.1, -0.05) is 18.2 Å². The van der Waals surface area contributed by atoms with Gasteiger partial charge in [0.1, 0.15) is 12.4 Å². The maximum Gasteiger partial charge on any atom is 0.300 e. The Bertz CT molecular complexity index is 748. The number of furan rings is 1. The van der Waals surface area contributed by atoms with Crippen molar-refractivity contribution in [3.05, 3.63) is 53.5 Å². The molecule has 0 aliphatic rings. The van der Waals surface area contributed by atoms with E-state index in [0.717, 1.165) is 0 Å². The summed E-state index contributed by atoms with van der Waals surface area (Å²) in [6, 6.07) is 9.36. The Kier molecular flexibility index (Phi) is 4.44. The Morgan fingerprint density at radius 2 is 1.95 bits per heavy atom. The molecule has 0 aliphatic carbocycles. The van der Waals surface area contributed by atoms with Crippen LogP contribution in [-0.2, 0) is 21.4 Å². The second-order valence-electron chi connectivity index (χ2n) is 4.40. The van der Waals surface area contributed by atoms with Crippen LogP contribution in [-0.4, -0.2) is 21.4 Å². The summed E-state index contributed by atoms with van der Waals surface area (Å²) in [5.41, 5.74) is 0.553. The highest BCUT2D eigenvalue weighted by Gasteiger charge is 2.22. The third kappa shape index (κ3) is 3.50. The number of amides is 1. The lowest BCUT2D eigenvalue weighted by atomic mass is 10.2. The maximum atomic E-state index is 12.2. The molecule has 0 bridgehead atoms. The topological polar surface area (TPSA) is 85.6 Å². The molecule has 0 radical (unpaired) electrons. The number of sulfonamides is 1. The number of aryl methyl sites for hydroxylation is 1. The van der Waals surface area contributed by atoms with Crippen molar-refractivity contribution < 1.29 is 22.4 Å². The Hall–Kier alpha value is -2.12. The summed E-state index contributed by atoms with van der Waals surface area (Å²) in [4.78, 5) is 12.0. The zero-order valence-electron chi connectivity index (χ0n) is 11.6. The van der Waals surface area contributed by atoms with Gasteiger partial charge in [0.2, 0.25) is 0 Å². The van der Waals surface area contributed by atoms with Gasteiger partial charge in [0, 0.05) is 7.11 Å². The van der Waals surface area contributed by atoms with Gasteiger partial charge in [-0.2, -0.15) is 0 Å². The number of methoxy groups -OCH3 is 1. The molecular formula is C14H15NO5S. The van der Waals surface area contributed by atoms with Crippen LogP contribution in [0.25, 0.3) is 0 Å². The van der Waals surface area contributed by atoms with Gasteiger partial charge >= 0.3 is 5.91 Å². The molecule has 1 heterocycles. The Morgan fingerprint density at radius 1 is 1.24 bits per heavy atom. The van der Waals surface area contributed by atoms with E-state index in [1.165, 1.54) is 19.2 Å². The fourth-order valence-corrected chi connectivity index (χ4v) is 3.01. The minimum atomic E-state index is -3.93. The molecular weight excluding hydrogens is 294 g/mol. The van der Waals surface area contributed by atoms with Crippen LogP contribution in [0.3, 0.4) is 0 Å².